The summed E-state index contributed by atoms with van der Waals surface area (Å²) in [5.74, 6) is 0. The molecule has 1 atom stereocenters. The average Bonchev–Trinajstić information content (AvgIpc) is 2.43. The van der Waals surface area contributed by atoms with Gasteiger partial charge in [-0.1, -0.05) is 48.0 Å². The Bertz CT molecular complexity index is 577. The molecule has 0 bridgehead atoms. The number of hydrogen-bond donors (Lipinski definition) is 1. The van der Waals surface area contributed by atoms with E-state index < -0.39 is 0 Å². The Morgan fingerprint density at radius 2 is 1.80 bits per heavy atom. The van der Waals surface area contributed by atoms with Crippen LogP contribution in [-0.4, -0.2) is 6.04 Å². The minimum atomic E-state index is 0.441. The van der Waals surface area contributed by atoms with Crippen LogP contribution in [0.1, 0.15) is 29.2 Å². The standard InChI is InChI=1S/C18H22ClN/c1-13-6-4-5-7-17(13)10-15(3)20-12-16-9-8-14(2)18(19)11-16/h4-9,11,15,20H,10,12H2,1-3H3. The van der Waals surface area contributed by atoms with Gasteiger partial charge in [-0.2, -0.15) is 0 Å². The fourth-order valence-electron chi connectivity index (χ4n) is 2.28. The lowest BCUT2D eigenvalue weighted by molar-refractivity contribution is 0.544. The van der Waals surface area contributed by atoms with Gasteiger partial charge in [-0.05, 0) is 55.5 Å². The molecule has 0 aromatic heterocycles. The molecule has 0 spiro atoms. The predicted molar refractivity (Wildman–Crippen MR) is 87.4 cm³/mol. The van der Waals surface area contributed by atoms with E-state index in [0.717, 1.165) is 23.6 Å². The molecular weight excluding hydrogens is 266 g/mol. The summed E-state index contributed by atoms with van der Waals surface area (Å²) in [7, 11) is 0. The van der Waals surface area contributed by atoms with Crippen LogP contribution in [0.2, 0.25) is 5.02 Å². The summed E-state index contributed by atoms with van der Waals surface area (Å²) in [6.07, 6.45) is 1.05. The zero-order valence-electron chi connectivity index (χ0n) is 12.4. The SMILES string of the molecule is Cc1ccc(CNC(C)Cc2ccccc2C)cc1Cl. The van der Waals surface area contributed by atoms with Crippen LogP contribution in [0.25, 0.3) is 0 Å². The van der Waals surface area contributed by atoms with Crippen molar-refractivity contribution in [2.75, 3.05) is 0 Å². The third-order valence-electron chi connectivity index (χ3n) is 3.68. The van der Waals surface area contributed by atoms with Gasteiger partial charge in [0.25, 0.3) is 0 Å². The molecule has 0 fully saturated rings. The molecule has 20 heavy (non-hydrogen) atoms. The van der Waals surface area contributed by atoms with Crippen LogP contribution in [0, 0.1) is 13.8 Å². The van der Waals surface area contributed by atoms with Gasteiger partial charge in [-0.25, -0.2) is 0 Å². The largest absolute Gasteiger partial charge is 0.310 e. The van der Waals surface area contributed by atoms with Crippen molar-refractivity contribution in [2.45, 2.75) is 39.8 Å². The molecule has 0 aliphatic rings. The normalized spacial score (nSPS) is 12.4. The molecule has 1 nitrogen and oxygen atoms in total. The maximum Gasteiger partial charge on any atom is 0.0438 e. The summed E-state index contributed by atoms with van der Waals surface area (Å²) >= 11 is 6.15. The number of benzene rings is 2. The lowest BCUT2D eigenvalue weighted by Gasteiger charge is -2.15. The van der Waals surface area contributed by atoms with Crippen LogP contribution in [0.3, 0.4) is 0 Å². The second kappa shape index (κ2) is 6.92. The Kier molecular flexibility index (Phi) is 5.22. The van der Waals surface area contributed by atoms with Crippen molar-refractivity contribution < 1.29 is 0 Å². The van der Waals surface area contributed by atoms with Crippen LogP contribution >= 0.6 is 11.6 Å². The van der Waals surface area contributed by atoms with E-state index in [1.807, 2.05) is 13.0 Å². The molecule has 0 saturated carbocycles. The Morgan fingerprint density at radius 1 is 1.05 bits per heavy atom. The van der Waals surface area contributed by atoms with Gasteiger partial charge in [0, 0.05) is 17.6 Å². The molecule has 1 N–H and O–H groups in total. The van der Waals surface area contributed by atoms with E-state index >= 15 is 0 Å². The van der Waals surface area contributed by atoms with E-state index in [4.69, 9.17) is 11.6 Å². The minimum absolute atomic E-state index is 0.441. The predicted octanol–water partition coefficient (Wildman–Crippen LogP) is 4.68. The lowest BCUT2D eigenvalue weighted by Crippen LogP contribution is -2.27. The van der Waals surface area contributed by atoms with Crippen LogP contribution in [-0.2, 0) is 13.0 Å². The summed E-state index contributed by atoms with van der Waals surface area (Å²) in [6.45, 7) is 7.28. The number of hydrogen-bond acceptors (Lipinski definition) is 1. The van der Waals surface area contributed by atoms with Gasteiger partial charge >= 0.3 is 0 Å². The fourth-order valence-corrected chi connectivity index (χ4v) is 2.48. The van der Waals surface area contributed by atoms with Crippen LogP contribution in [0.5, 0.6) is 0 Å². The number of rotatable bonds is 5. The van der Waals surface area contributed by atoms with E-state index in [9.17, 15) is 0 Å². The van der Waals surface area contributed by atoms with Crippen LogP contribution in [0.4, 0.5) is 0 Å². The van der Waals surface area contributed by atoms with Crippen molar-refractivity contribution in [3.05, 3.63) is 69.7 Å². The molecule has 2 rings (SSSR count). The highest BCUT2D eigenvalue weighted by atomic mass is 35.5. The topological polar surface area (TPSA) is 12.0 Å². The fraction of sp³-hybridized carbons (Fsp3) is 0.333. The van der Waals surface area contributed by atoms with Crippen molar-refractivity contribution >= 4 is 11.6 Å². The summed E-state index contributed by atoms with van der Waals surface area (Å²) in [5, 5.41) is 4.41. The van der Waals surface area contributed by atoms with Gasteiger partial charge in [-0.15, -0.1) is 0 Å². The van der Waals surface area contributed by atoms with E-state index in [2.05, 4.69) is 55.6 Å². The molecule has 1 unspecified atom stereocenters. The zero-order chi connectivity index (χ0) is 14.5. The molecule has 106 valence electrons. The summed E-state index contributed by atoms with van der Waals surface area (Å²) < 4.78 is 0. The number of nitrogens with one attached hydrogen (secondary N) is 1. The first kappa shape index (κ1) is 15.1. The van der Waals surface area contributed by atoms with Gasteiger partial charge < -0.3 is 5.32 Å². The Labute approximate surface area is 127 Å². The lowest BCUT2D eigenvalue weighted by atomic mass is 10.0. The van der Waals surface area contributed by atoms with E-state index in [1.165, 1.54) is 16.7 Å². The minimum Gasteiger partial charge on any atom is -0.310 e. The van der Waals surface area contributed by atoms with Crippen molar-refractivity contribution in [1.29, 1.82) is 0 Å². The maximum atomic E-state index is 6.15. The second-order valence-electron chi connectivity index (χ2n) is 5.50. The molecule has 0 aliphatic carbocycles. The average molecular weight is 288 g/mol. The number of aryl methyl sites for hydroxylation is 2. The summed E-state index contributed by atoms with van der Waals surface area (Å²) in [6, 6.07) is 15.3. The highest BCUT2D eigenvalue weighted by molar-refractivity contribution is 6.31. The molecular formula is C18H22ClN. The quantitative estimate of drug-likeness (QED) is 0.842. The van der Waals surface area contributed by atoms with E-state index in [1.54, 1.807) is 0 Å². The second-order valence-corrected chi connectivity index (χ2v) is 5.90. The van der Waals surface area contributed by atoms with Crippen molar-refractivity contribution in [3.8, 4) is 0 Å². The molecule has 0 heterocycles. The van der Waals surface area contributed by atoms with Crippen LogP contribution < -0.4 is 5.32 Å². The summed E-state index contributed by atoms with van der Waals surface area (Å²) in [4.78, 5) is 0. The Hall–Kier alpha value is -1.31. The molecule has 2 aromatic rings. The highest BCUT2D eigenvalue weighted by Crippen LogP contribution is 2.17. The first-order chi connectivity index (χ1) is 9.56. The zero-order valence-corrected chi connectivity index (χ0v) is 13.2. The maximum absolute atomic E-state index is 6.15. The van der Waals surface area contributed by atoms with E-state index in [-0.39, 0.29) is 0 Å². The molecule has 0 amide bonds. The van der Waals surface area contributed by atoms with Gasteiger partial charge in [0.15, 0.2) is 0 Å². The Balaban J connectivity index is 1.90. The molecule has 2 heteroatoms. The molecule has 0 saturated heterocycles. The first-order valence-corrected chi connectivity index (χ1v) is 7.47. The number of halogens is 1. The molecule has 0 radical (unpaired) electrons. The third kappa shape index (κ3) is 4.09. The van der Waals surface area contributed by atoms with Gasteiger partial charge in [0.05, 0.1) is 0 Å². The molecule has 0 aliphatic heterocycles. The van der Waals surface area contributed by atoms with Crippen molar-refractivity contribution in [2.24, 2.45) is 0 Å². The summed E-state index contributed by atoms with van der Waals surface area (Å²) in [5.41, 5.74) is 5.13. The van der Waals surface area contributed by atoms with Gasteiger partial charge in [-0.3, -0.25) is 0 Å². The third-order valence-corrected chi connectivity index (χ3v) is 4.09. The smallest absolute Gasteiger partial charge is 0.0438 e. The van der Waals surface area contributed by atoms with Gasteiger partial charge in [0.2, 0.25) is 0 Å². The molecule has 2 aromatic carbocycles. The van der Waals surface area contributed by atoms with Crippen molar-refractivity contribution in [3.63, 3.8) is 0 Å². The van der Waals surface area contributed by atoms with Crippen LogP contribution in [0.15, 0.2) is 42.5 Å². The Morgan fingerprint density at radius 3 is 2.50 bits per heavy atom. The monoisotopic (exact) mass is 287 g/mol. The van der Waals surface area contributed by atoms with Gasteiger partial charge in [0.1, 0.15) is 0 Å². The van der Waals surface area contributed by atoms with Crippen molar-refractivity contribution in [1.82, 2.24) is 5.32 Å². The van der Waals surface area contributed by atoms with E-state index in [0.29, 0.717) is 6.04 Å². The highest BCUT2D eigenvalue weighted by Gasteiger charge is 2.05. The first-order valence-electron chi connectivity index (χ1n) is 7.09.